The number of ether oxygens (including phenoxy) is 2. The van der Waals surface area contributed by atoms with Crippen LogP contribution in [-0.2, 0) is 20.9 Å². The first-order valence-corrected chi connectivity index (χ1v) is 9.53. The Balaban J connectivity index is 1.88. The second kappa shape index (κ2) is 9.22. The van der Waals surface area contributed by atoms with E-state index in [4.69, 9.17) is 9.47 Å². The quantitative estimate of drug-likeness (QED) is 0.653. The third-order valence-corrected chi connectivity index (χ3v) is 5.61. The summed E-state index contributed by atoms with van der Waals surface area (Å²) in [6, 6.07) is 7.95. The van der Waals surface area contributed by atoms with E-state index in [1.165, 1.54) is 12.8 Å². The lowest BCUT2D eigenvalue weighted by Crippen LogP contribution is -2.53. The third kappa shape index (κ3) is 5.22. The van der Waals surface area contributed by atoms with E-state index >= 15 is 0 Å². The zero-order valence-electron chi connectivity index (χ0n) is 17.2. The molecule has 0 atom stereocenters. The summed E-state index contributed by atoms with van der Waals surface area (Å²) in [5.41, 5.74) is 0.153. The fourth-order valence-corrected chi connectivity index (χ4v) is 3.48. The lowest BCUT2D eigenvalue weighted by molar-refractivity contribution is -0.161. The van der Waals surface area contributed by atoms with Crippen molar-refractivity contribution in [3.63, 3.8) is 0 Å². The van der Waals surface area contributed by atoms with Gasteiger partial charge in [-0.05, 0) is 39.8 Å². The number of hydrogen-bond acceptors (Lipinski definition) is 5. The maximum Gasteiger partial charge on any atom is 0.326 e. The summed E-state index contributed by atoms with van der Waals surface area (Å²) < 4.78 is 10.7. The maximum absolute atomic E-state index is 12.6. The van der Waals surface area contributed by atoms with Crippen molar-refractivity contribution in [2.24, 2.45) is 0 Å². The van der Waals surface area contributed by atoms with Crippen LogP contribution in [0.2, 0.25) is 0 Å². The monoisotopic (exact) mass is 376 g/mol. The van der Waals surface area contributed by atoms with Gasteiger partial charge in [0.1, 0.15) is 11.3 Å². The molecule has 1 saturated carbocycles. The minimum Gasteiger partial charge on any atom is -0.496 e. The zero-order valence-corrected chi connectivity index (χ0v) is 17.2. The highest BCUT2D eigenvalue weighted by Gasteiger charge is 2.38. The Hall–Kier alpha value is -2.08. The molecule has 0 spiro atoms. The molecule has 1 amide bonds. The smallest absolute Gasteiger partial charge is 0.326 e. The number of benzene rings is 1. The molecule has 1 aliphatic carbocycles. The molecule has 0 aromatic heterocycles. The van der Waals surface area contributed by atoms with Crippen molar-refractivity contribution in [2.75, 3.05) is 27.8 Å². The van der Waals surface area contributed by atoms with Gasteiger partial charge >= 0.3 is 5.97 Å². The predicted molar refractivity (Wildman–Crippen MR) is 105 cm³/mol. The van der Waals surface area contributed by atoms with Gasteiger partial charge in [-0.25, -0.2) is 0 Å². The van der Waals surface area contributed by atoms with Gasteiger partial charge in [-0.3, -0.25) is 14.5 Å². The van der Waals surface area contributed by atoms with Gasteiger partial charge in [-0.15, -0.1) is 0 Å². The Kier molecular flexibility index (Phi) is 7.25. The third-order valence-electron chi connectivity index (χ3n) is 5.61. The van der Waals surface area contributed by atoms with E-state index in [-0.39, 0.29) is 18.5 Å². The molecule has 1 aliphatic rings. The zero-order chi connectivity index (χ0) is 20.0. The molecule has 1 aromatic rings. The Bertz CT molecular complexity index is 653. The van der Waals surface area contributed by atoms with Crippen molar-refractivity contribution >= 4 is 11.9 Å². The van der Waals surface area contributed by atoms with Crippen molar-refractivity contribution in [2.45, 2.75) is 57.7 Å². The van der Waals surface area contributed by atoms with Crippen LogP contribution in [0.5, 0.6) is 5.75 Å². The highest BCUT2D eigenvalue weighted by atomic mass is 16.5. The second-order valence-electron chi connectivity index (χ2n) is 7.75. The van der Waals surface area contributed by atoms with Crippen molar-refractivity contribution in [3.8, 4) is 5.75 Å². The first kappa shape index (κ1) is 21.2. The van der Waals surface area contributed by atoms with Crippen LogP contribution in [0.15, 0.2) is 24.3 Å². The summed E-state index contributed by atoms with van der Waals surface area (Å²) in [5.74, 6) is 0.123. The molecule has 27 heavy (non-hydrogen) atoms. The van der Waals surface area contributed by atoms with E-state index in [0.29, 0.717) is 12.6 Å². The number of carbonyl (C=O) groups excluding carboxylic acids is 2. The van der Waals surface area contributed by atoms with E-state index in [2.05, 4.69) is 4.90 Å². The molecule has 1 fully saturated rings. The molecule has 2 rings (SSSR count). The minimum atomic E-state index is -0.753. The van der Waals surface area contributed by atoms with Gasteiger partial charge in [0.15, 0.2) is 6.61 Å². The van der Waals surface area contributed by atoms with Crippen molar-refractivity contribution < 1.29 is 19.1 Å². The highest BCUT2D eigenvalue weighted by molar-refractivity contribution is 5.84. The Labute approximate surface area is 162 Å². The first-order chi connectivity index (χ1) is 12.8. The normalized spacial score (nSPS) is 15.0. The van der Waals surface area contributed by atoms with Crippen LogP contribution in [0.4, 0.5) is 0 Å². The van der Waals surface area contributed by atoms with Crippen LogP contribution in [0, 0.1) is 0 Å². The summed E-state index contributed by atoms with van der Waals surface area (Å²) in [7, 11) is 5.26. The molecule has 0 saturated heterocycles. The van der Waals surface area contributed by atoms with E-state index in [1.807, 2.05) is 45.2 Å². The maximum atomic E-state index is 12.6. The number of hydrogen-bond donors (Lipinski definition) is 0. The van der Waals surface area contributed by atoms with Crippen molar-refractivity contribution in [1.29, 1.82) is 0 Å². The first-order valence-electron chi connectivity index (χ1n) is 9.53. The van der Waals surface area contributed by atoms with Gasteiger partial charge < -0.3 is 14.4 Å². The number of likely N-dealkylation sites (N-methyl/N-ethyl adjacent to an activating group) is 2. The number of rotatable bonds is 8. The molecular formula is C21H32N2O4. The Morgan fingerprint density at radius 2 is 1.78 bits per heavy atom. The Morgan fingerprint density at radius 1 is 1.15 bits per heavy atom. The molecule has 0 N–H and O–H groups in total. The average Bonchev–Trinajstić information content (AvgIpc) is 3.19. The molecule has 0 heterocycles. The van der Waals surface area contributed by atoms with E-state index in [1.54, 1.807) is 19.1 Å². The fourth-order valence-electron chi connectivity index (χ4n) is 3.48. The van der Waals surface area contributed by atoms with E-state index < -0.39 is 5.54 Å². The molecule has 6 nitrogen and oxygen atoms in total. The number of esters is 1. The molecular weight excluding hydrogens is 344 g/mol. The molecule has 0 unspecified atom stereocenters. The minimum absolute atomic E-state index is 0.242. The molecule has 0 bridgehead atoms. The SMILES string of the molecule is COc1ccccc1CN(C)C(=O)COC(=O)C(C)(C)N(C)C1CCCC1. The molecule has 0 aliphatic heterocycles. The molecule has 150 valence electrons. The van der Waals surface area contributed by atoms with Crippen LogP contribution in [0.1, 0.15) is 45.1 Å². The lowest BCUT2D eigenvalue weighted by Gasteiger charge is -2.37. The topological polar surface area (TPSA) is 59.1 Å². The summed E-state index contributed by atoms with van der Waals surface area (Å²) in [6.45, 7) is 3.85. The largest absolute Gasteiger partial charge is 0.496 e. The van der Waals surface area contributed by atoms with Gasteiger partial charge in [-0.2, -0.15) is 0 Å². The van der Waals surface area contributed by atoms with Crippen LogP contribution in [0.3, 0.4) is 0 Å². The van der Waals surface area contributed by atoms with Gasteiger partial charge in [-0.1, -0.05) is 31.0 Å². The fraction of sp³-hybridized carbons (Fsp3) is 0.619. The number of methoxy groups -OCH3 is 1. The van der Waals surface area contributed by atoms with Gasteiger partial charge in [0.25, 0.3) is 5.91 Å². The highest BCUT2D eigenvalue weighted by Crippen LogP contribution is 2.28. The summed E-state index contributed by atoms with van der Waals surface area (Å²) >= 11 is 0. The second-order valence-corrected chi connectivity index (χ2v) is 7.75. The number of nitrogens with zero attached hydrogens (tertiary/aromatic N) is 2. The molecule has 6 heteroatoms. The van der Waals surface area contributed by atoms with Gasteiger partial charge in [0.2, 0.25) is 0 Å². The summed E-state index contributed by atoms with van der Waals surface area (Å²) in [4.78, 5) is 28.6. The lowest BCUT2D eigenvalue weighted by atomic mass is 10.0. The summed E-state index contributed by atoms with van der Waals surface area (Å²) in [6.07, 6.45) is 4.61. The Morgan fingerprint density at radius 3 is 2.41 bits per heavy atom. The van der Waals surface area contributed by atoms with Gasteiger partial charge in [0.05, 0.1) is 7.11 Å². The van der Waals surface area contributed by atoms with Crippen molar-refractivity contribution in [3.05, 3.63) is 29.8 Å². The number of amides is 1. The number of para-hydroxylation sites is 1. The van der Waals surface area contributed by atoms with Crippen LogP contribution in [-0.4, -0.2) is 61.1 Å². The van der Waals surface area contributed by atoms with Gasteiger partial charge in [0, 0.05) is 25.2 Å². The number of carbonyl (C=O) groups is 2. The van der Waals surface area contributed by atoms with Crippen LogP contribution in [0.25, 0.3) is 0 Å². The standard InChI is InChI=1S/C21H32N2O4/c1-21(2,23(4)17-11-7-8-12-17)20(25)27-15-19(24)22(3)14-16-10-6-9-13-18(16)26-5/h6,9-10,13,17H,7-8,11-12,14-15H2,1-5H3. The van der Waals surface area contributed by atoms with E-state index in [0.717, 1.165) is 24.2 Å². The average molecular weight is 376 g/mol. The van der Waals surface area contributed by atoms with Crippen LogP contribution >= 0.6 is 0 Å². The molecule has 0 radical (unpaired) electrons. The van der Waals surface area contributed by atoms with Crippen LogP contribution < -0.4 is 4.74 Å². The van der Waals surface area contributed by atoms with E-state index in [9.17, 15) is 9.59 Å². The predicted octanol–water partition coefficient (Wildman–Crippen LogP) is 2.85. The van der Waals surface area contributed by atoms with Crippen molar-refractivity contribution in [1.82, 2.24) is 9.80 Å². The summed E-state index contributed by atoms with van der Waals surface area (Å²) in [5, 5.41) is 0. The molecule has 1 aromatic carbocycles.